The number of aliphatic hydroxyl groups excluding tert-OH is 1. The topological polar surface area (TPSA) is 266 Å². The molecule has 8 rings (SSSR count). The predicted octanol–water partition coefficient (Wildman–Crippen LogP) is -0.618. The Balaban J connectivity index is 0.000000448. The molecule has 406 valence electrons. The third-order valence-corrected chi connectivity index (χ3v) is 15.2. The minimum Gasteiger partial charge on any atom is -1.00 e. The van der Waals surface area contributed by atoms with Crippen molar-refractivity contribution in [2.75, 3.05) is 68.8 Å². The first kappa shape index (κ1) is 69.3. The van der Waals surface area contributed by atoms with Crippen LogP contribution in [0.3, 0.4) is 0 Å². The molecule has 0 unspecified atom stereocenters. The number of halogens is 5. The van der Waals surface area contributed by atoms with Crippen LogP contribution < -0.4 is 159 Å². The van der Waals surface area contributed by atoms with Gasteiger partial charge in [0, 0.05) is 65.4 Å². The number of benzene rings is 2. The van der Waals surface area contributed by atoms with E-state index in [1.807, 2.05) is 0 Å². The summed E-state index contributed by atoms with van der Waals surface area (Å²) in [4.78, 5) is 65.1. The molecule has 6 atom stereocenters. The van der Waals surface area contributed by atoms with E-state index in [1.54, 1.807) is 68.4 Å². The molecule has 0 radical (unpaired) electrons. The molecule has 0 bridgehead atoms. The fourth-order valence-electron chi connectivity index (χ4n) is 8.62. The molecule has 19 nitrogen and oxygen atoms in total. The van der Waals surface area contributed by atoms with Crippen molar-refractivity contribution in [1.82, 2.24) is 29.7 Å². The van der Waals surface area contributed by atoms with Crippen LogP contribution >= 0.6 is 39.5 Å². The second-order valence-electron chi connectivity index (χ2n) is 17.8. The average Bonchev–Trinajstić information content (AvgIpc) is 4.31. The van der Waals surface area contributed by atoms with Crippen molar-refractivity contribution < 1.29 is 201 Å². The second-order valence-corrected chi connectivity index (χ2v) is 21.3. The SMILES string of the molecule is CN(C)C(=O)[C@]12C[C@H]1[C@@](C)(c1cc(/C=C(\F)c3cnc(Br)cn3)ccc1F)N=C(N)S2.COCCO.COCCOc1cnc(/C(F)=C/c2ccc(F)c([C@@]3(C)N=C(N)S[C@@]4(C(=O)N(C)C)C[C@H]43)c2)cn1.O=CO[O-].[Cs+].[Cs+].[H-]. The quantitative estimate of drug-likeness (QED) is 0.0440. The van der Waals surface area contributed by atoms with E-state index in [0.29, 0.717) is 48.4 Å². The van der Waals surface area contributed by atoms with Crippen LogP contribution in [-0.2, 0) is 39.8 Å². The van der Waals surface area contributed by atoms with Crippen LogP contribution in [0.25, 0.3) is 23.8 Å². The zero-order valence-corrected chi connectivity index (χ0v) is 59.8. The van der Waals surface area contributed by atoms with Gasteiger partial charge in [0.2, 0.25) is 17.7 Å². The van der Waals surface area contributed by atoms with Gasteiger partial charge in [0.05, 0.1) is 55.7 Å². The van der Waals surface area contributed by atoms with Crippen molar-refractivity contribution in [2.45, 2.75) is 47.3 Å². The first-order valence-electron chi connectivity index (χ1n) is 22.6. The number of aromatic nitrogens is 4. The molecular weight excluding hydrogens is 1360 g/mol. The van der Waals surface area contributed by atoms with Gasteiger partial charge in [-0.2, -0.15) is 0 Å². The Labute approximate surface area is 579 Å². The molecule has 28 heteroatoms. The maximum atomic E-state index is 15.1. The monoisotopic (exact) mass is 1410 g/mol. The normalized spacial score (nSPS) is 23.4. The standard InChI is InChI=1S/C24H27F2N5O3S.C21H20BrF2N5OS.C3H8O2.CH2O3.2Cs.H/c1-23(19-11-24(19,21(32)31(2)3)35-22(27)30-23)15-9-14(5-6-16(15)25)10-17(26)18-12-29-20(13-28-18)34-8-7-33-4;1-20(16-8-21(16,18(30)29(2)3)31-19(25)28-20)12-6-11(4-5-13(12)23)7-14(24)15-9-27-17(22)10-26-15;1-5-3-2-4;2-1-4-3;;;/h5-6,9-10,12-13,19H,7-8,11H2,1-4H3,(H2,27,30);4-7,9-10,16H,8H2,1-3H3,(H2,25,28);4H,2-3H2,1H3;1,3H;;;/q;;;;2*+1;-1/p-1/b17-10-;14-7-;;;;;/t19-,23+,24-;16-,20+,21-;;;;;/m00...../s1. The average molecular weight is 1420 g/mol. The molecule has 4 heterocycles. The predicted molar refractivity (Wildman–Crippen MR) is 279 cm³/mol. The number of amidine groups is 2. The van der Waals surface area contributed by atoms with Crippen molar-refractivity contribution in [2.24, 2.45) is 33.3 Å². The molecule has 5 N–H and O–H groups in total. The van der Waals surface area contributed by atoms with Gasteiger partial charge >= 0.3 is 138 Å². The first-order chi connectivity index (χ1) is 35.5. The Kier molecular flexibility index (Phi) is 27.9. The Bertz CT molecular complexity index is 2840. The molecule has 2 aromatic heterocycles. The Hall–Kier alpha value is -1.93. The molecule has 2 saturated carbocycles. The van der Waals surface area contributed by atoms with Crippen LogP contribution in [0.4, 0.5) is 17.6 Å². The number of amides is 2. The summed E-state index contributed by atoms with van der Waals surface area (Å²) < 4.78 is 73.3. The number of ether oxygens (including phenoxy) is 3. The van der Waals surface area contributed by atoms with Crippen molar-refractivity contribution in [3.8, 4) is 5.88 Å². The van der Waals surface area contributed by atoms with Crippen LogP contribution in [0.15, 0.2) is 75.8 Å². The summed E-state index contributed by atoms with van der Waals surface area (Å²) in [6.45, 7) is 4.62. The Morgan fingerprint density at radius 3 is 1.53 bits per heavy atom. The van der Waals surface area contributed by atoms with E-state index >= 15 is 4.39 Å². The number of carbonyl (C=O) groups excluding carboxylic acids is 3. The number of thioether (sulfide) groups is 2. The van der Waals surface area contributed by atoms with Crippen LogP contribution in [0.2, 0.25) is 0 Å². The molecule has 4 aliphatic rings. The first-order valence-corrected chi connectivity index (χ1v) is 25.0. The Morgan fingerprint density at radius 1 is 0.766 bits per heavy atom. The van der Waals surface area contributed by atoms with Gasteiger partial charge < -0.3 is 52.2 Å². The number of hydrogen-bond acceptors (Lipinski definition) is 19. The van der Waals surface area contributed by atoms with E-state index < -0.39 is 43.9 Å². The number of carbonyl (C=O) groups is 3. The van der Waals surface area contributed by atoms with Gasteiger partial charge in [-0.05, 0) is 90.2 Å². The van der Waals surface area contributed by atoms with Crippen molar-refractivity contribution >= 4 is 91.9 Å². The number of aliphatic imine (C=N–C) groups is 2. The van der Waals surface area contributed by atoms with E-state index in [9.17, 15) is 22.8 Å². The number of nitrogens with two attached hydrogens (primary N) is 2. The molecule has 2 amide bonds. The molecule has 77 heavy (non-hydrogen) atoms. The minimum absolute atomic E-state index is 0. The van der Waals surface area contributed by atoms with Gasteiger partial charge in [-0.1, -0.05) is 35.7 Å². The number of hydrogen-bond donors (Lipinski definition) is 3. The minimum atomic E-state index is -1.06. The van der Waals surface area contributed by atoms with Crippen molar-refractivity contribution in [3.63, 3.8) is 0 Å². The Morgan fingerprint density at radius 2 is 1.19 bits per heavy atom. The molecular formula is C49H57BrCs2F4N10O9S2. The van der Waals surface area contributed by atoms with Gasteiger partial charge in [0.15, 0.2) is 22.0 Å². The van der Waals surface area contributed by atoms with Crippen LogP contribution in [0.1, 0.15) is 61.8 Å². The smallest absolute Gasteiger partial charge is 1.00 e. The molecule has 2 aliphatic carbocycles. The van der Waals surface area contributed by atoms with Gasteiger partial charge in [-0.15, -0.1) is 0 Å². The maximum Gasteiger partial charge on any atom is 1.00 e. The van der Waals surface area contributed by atoms with E-state index in [2.05, 4.69) is 55.5 Å². The fourth-order valence-corrected chi connectivity index (χ4v) is 11.8. The molecule has 2 fully saturated rings. The van der Waals surface area contributed by atoms with Crippen molar-refractivity contribution in [3.05, 3.63) is 111 Å². The van der Waals surface area contributed by atoms with Gasteiger partial charge in [0.1, 0.15) is 43.7 Å². The largest absolute Gasteiger partial charge is 1.00 e. The van der Waals surface area contributed by atoms with Gasteiger partial charge in [-0.25, -0.2) is 37.5 Å². The van der Waals surface area contributed by atoms with Crippen molar-refractivity contribution in [1.29, 1.82) is 0 Å². The zero-order chi connectivity index (χ0) is 55.5. The van der Waals surface area contributed by atoms with E-state index in [1.165, 1.54) is 94.5 Å². The summed E-state index contributed by atoms with van der Waals surface area (Å²) >= 11 is 5.63. The molecule has 2 aliphatic heterocycles. The fraction of sp³-hybridized carbons (Fsp3) is 0.408. The molecule has 0 spiro atoms. The number of nitrogens with zero attached hydrogens (tertiary/aromatic N) is 8. The van der Waals surface area contributed by atoms with E-state index in [0.717, 1.165) is 0 Å². The number of methoxy groups -OCH3 is 2. The summed E-state index contributed by atoms with van der Waals surface area (Å²) in [5.41, 5.74) is 11.5. The molecule has 4 aromatic rings. The van der Waals surface area contributed by atoms with Gasteiger partial charge in [0.25, 0.3) is 6.47 Å². The number of aliphatic hydroxyl groups is 1. The summed E-state index contributed by atoms with van der Waals surface area (Å²) in [5, 5.41) is 16.8. The van der Waals surface area contributed by atoms with E-state index in [4.69, 9.17) is 36.1 Å². The number of fused-ring (bicyclic) bond motifs is 2. The molecule has 0 saturated heterocycles. The summed E-state index contributed by atoms with van der Waals surface area (Å²) in [6, 6.07) is 8.58. The number of rotatable bonds is 15. The summed E-state index contributed by atoms with van der Waals surface area (Å²) in [7, 11) is 9.84. The van der Waals surface area contributed by atoms with Gasteiger partial charge in [-0.3, -0.25) is 24.4 Å². The van der Waals surface area contributed by atoms with Crippen LogP contribution in [-0.4, -0.2) is 142 Å². The third-order valence-electron chi connectivity index (χ3n) is 12.2. The zero-order valence-electron chi connectivity index (χ0n) is 45.1. The maximum absolute atomic E-state index is 15.1. The third kappa shape index (κ3) is 17.1. The van der Waals surface area contributed by atoms with Crippen LogP contribution in [0.5, 0.6) is 5.88 Å². The van der Waals surface area contributed by atoms with E-state index in [-0.39, 0.29) is 215 Å². The summed E-state index contributed by atoms with van der Waals surface area (Å²) in [5.74, 6) is -2.58. The summed E-state index contributed by atoms with van der Waals surface area (Å²) in [6.07, 6.45) is 8.85. The second kappa shape index (κ2) is 30.9. The van der Waals surface area contributed by atoms with Crippen LogP contribution in [0, 0.1) is 23.5 Å². The molecule has 2 aromatic carbocycles.